The fraction of sp³-hybridized carbons (Fsp3) is 0.821. The molecule has 46 heavy (non-hydrogen) atoms. The van der Waals surface area contributed by atoms with Crippen LogP contribution in [-0.4, -0.2) is 136 Å². The summed E-state index contributed by atoms with van der Waals surface area (Å²) in [5.41, 5.74) is 0. The van der Waals surface area contributed by atoms with Crippen LogP contribution in [0.3, 0.4) is 0 Å². The van der Waals surface area contributed by atoms with E-state index in [2.05, 4.69) is 16.0 Å². The molecule has 0 heterocycles. The van der Waals surface area contributed by atoms with Gasteiger partial charge in [-0.25, -0.2) is 14.4 Å². The van der Waals surface area contributed by atoms with Crippen LogP contribution in [-0.2, 0) is 52.2 Å². The largest absolute Gasteiger partial charge is 0.481 e. The van der Waals surface area contributed by atoms with Crippen molar-refractivity contribution in [3.8, 4) is 0 Å². The van der Waals surface area contributed by atoms with Gasteiger partial charge in [-0.05, 0) is 32.1 Å². The van der Waals surface area contributed by atoms with Crippen molar-refractivity contribution in [1.29, 1.82) is 0 Å². The van der Waals surface area contributed by atoms with Gasteiger partial charge in [0.1, 0.15) is 0 Å². The number of ether oxygens (including phenoxy) is 9. The number of ketones is 1. The van der Waals surface area contributed by atoms with Gasteiger partial charge in [0.05, 0.1) is 51.6 Å². The van der Waals surface area contributed by atoms with Crippen LogP contribution in [0.2, 0.25) is 0 Å². The molecule has 18 heteroatoms. The SMILES string of the molecule is COCCOCOC(=O)NCCCCC(CC(=O)C(CCCCNC(=O)OCOCCOC)NC(=O)OCOCCOC)C(=O)O. The van der Waals surface area contributed by atoms with Crippen molar-refractivity contribution in [1.82, 2.24) is 16.0 Å². The first-order valence-corrected chi connectivity index (χ1v) is 14.9. The Hall–Kier alpha value is -3.29. The second kappa shape index (κ2) is 30.4. The fourth-order valence-electron chi connectivity index (χ4n) is 3.56. The smallest absolute Gasteiger partial charge is 0.409 e. The van der Waals surface area contributed by atoms with E-state index in [-0.39, 0.29) is 72.6 Å². The number of carbonyl (C=O) groups excluding carboxylic acids is 4. The third kappa shape index (κ3) is 26.0. The Morgan fingerprint density at radius 1 is 0.587 bits per heavy atom. The van der Waals surface area contributed by atoms with Gasteiger partial charge in [0.25, 0.3) is 0 Å². The van der Waals surface area contributed by atoms with E-state index in [0.717, 1.165) is 0 Å². The Kier molecular flexibility index (Phi) is 28.2. The summed E-state index contributed by atoms with van der Waals surface area (Å²) in [7, 11) is 4.53. The quantitative estimate of drug-likeness (QED) is 0.0482. The fourth-order valence-corrected chi connectivity index (χ4v) is 3.56. The summed E-state index contributed by atoms with van der Waals surface area (Å²) in [5.74, 6) is -2.65. The van der Waals surface area contributed by atoms with E-state index in [1.165, 1.54) is 21.3 Å². The highest BCUT2D eigenvalue weighted by atomic mass is 16.7. The number of alkyl carbamates (subject to hydrolysis) is 3. The molecule has 0 aliphatic carbocycles. The topological polar surface area (TPSA) is 225 Å². The maximum absolute atomic E-state index is 13.1. The van der Waals surface area contributed by atoms with Gasteiger partial charge < -0.3 is 63.7 Å². The number of aliphatic carboxylic acids is 1. The van der Waals surface area contributed by atoms with Crippen molar-refractivity contribution in [3.05, 3.63) is 0 Å². The highest BCUT2D eigenvalue weighted by molar-refractivity contribution is 5.90. The van der Waals surface area contributed by atoms with Gasteiger partial charge in [0.15, 0.2) is 26.2 Å². The van der Waals surface area contributed by atoms with Crippen LogP contribution >= 0.6 is 0 Å². The molecule has 2 atom stereocenters. The number of nitrogens with one attached hydrogen (secondary N) is 3. The molecular weight excluding hydrogens is 618 g/mol. The Balaban J connectivity index is 4.73. The average molecular weight is 670 g/mol. The molecule has 0 spiro atoms. The maximum atomic E-state index is 13.1. The molecule has 0 saturated carbocycles. The van der Waals surface area contributed by atoms with Gasteiger partial charge >= 0.3 is 24.2 Å². The number of Topliss-reactive ketones (excluding diaryl/α,β-unsaturated/α-hetero) is 1. The van der Waals surface area contributed by atoms with Gasteiger partial charge in [0, 0.05) is 40.8 Å². The Morgan fingerprint density at radius 2 is 1.02 bits per heavy atom. The van der Waals surface area contributed by atoms with Crippen LogP contribution in [0.25, 0.3) is 0 Å². The Morgan fingerprint density at radius 3 is 1.46 bits per heavy atom. The molecule has 0 radical (unpaired) electrons. The average Bonchev–Trinajstić information content (AvgIpc) is 3.02. The van der Waals surface area contributed by atoms with E-state index in [9.17, 15) is 29.1 Å². The summed E-state index contributed by atoms with van der Waals surface area (Å²) >= 11 is 0. The second-order valence-electron chi connectivity index (χ2n) is 9.60. The van der Waals surface area contributed by atoms with E-state index in [4.69, 9.17) is 42.6 Å². The Bertz CT molecular complexity index is 834. The molecule has 4 N–H and O–H groups in total. The minimum absolute atomic E-state index is 0.170. The number of hydrogen-bond acceptors (Lipinski definition) is 14. The zero-order chi connectivity index (χ0) is 34.3. The molecule has 0 aliphatic rings. The van der Waals surface area contributed by atoms with Crippen LogP contribution in [0, 0.1) is 5.92 Å². The maximum Gasteiger partial charge on any atom is 0.409 e. The number of carbonyl (C=O) groups is 5. The first-order valence-electron chi connectivity index (χ1n) is 14.9. The molecule has 0 aromatic rings. The van der Waals surface area contributed by atoms with Crippen molar-refractivity contribution >= 4 is 30.0 Å². The molecule has 0 rings (SSSR count). The summed E-state index contributed by atoms with van der Waals surface area (Å²) < 4.78 is 44.3. The zero-order valence-corrected chi connectivity index (χ0v) is 27.0. The lowest BCUT2D eigenvalue weighted by Gasteiger charge is -2.20. The number of rotatable bonds is 30. The molecule has 2 unspecified atom stereocenters. The van der Waals surface area contributed by atoms with Crippen LogP contribution < -0.4 is 16.0 Å². The predicted molar refractivity (Wildman–Crippen MR) is 159 cm³/mol. The number of hydrogen-bond donors (Lipinski definition) is 4. The van der Waals surface area contributed by atoms with Crippen molar-refractivity contribution in [2.45, 2.75) is 51.0 Å². The highest BCUT2D eigenvalue weighted by Gasteiger charge is 2.27. The number of unbranched alkanes of at least 4 members (excludes halogenated alkanes) is 2. The van der Waals surface area contributed by atoms with Crippen molar-refractivity contribution in [2.75, 3.05) is 94.4 Å². The molecule has 268 valence electrons. The van der Waals surface area contributed by atoms with Gasteiger partial charge in [-0.15, -0.1) is 0 Å². The van der Waals surface area contributed by atoms with Crippen LogP contribution in [0.5, 0.6) is 0 Å². The van der Waals surface area contributed by atoms with E-state index in [1.54, 1.807) is 0 Å². The van der Waals surface area contributed by atoms with Crippen LogP contribution in [0.1, 0.15) is 44.9 Å². The third-order valence-corrected chi connectivity index (χ3v) is 6.03. The van der Waals surface area contributed by atoms with E-state index >= 15 is 0 Å². The molecule has 18 nitrogen and oxygen atoms in total. The van der Waals surface area contributed by atoms with E-state index in [1.807, 2.05) is 0 Å². The van der Waals surface area contributed by atoms with Crippen molar-refractivity contribution in [2.24, 2.45) is 5.92 Å². The number of amides is 3. The molecule has 0 saturated heterocycles. The van der Waals surface area contributed by atoms with Crippen molar-refractivity contribution < 1.29 is 71.7 Å². The lowest BCUT2D eigenvalue weighted by molar-refractivity contribution is -0.144. The zero-order valence-electron chi connectivity index (χ0n) is 27.0. The Labute approximate surface area is 269 Å². The minimum atomic E-state index is -1.16. The normalized spacial score (nSPS) is 12.1. The monoisotopic (exact) mass is 669 g/mol. The molecule has 3 amide bonds. The lowest BCUT2D eigenvalue weighted by atomic mass is 9.92. The summed E-state index contributed by atoms with van der Waals surface area (Å²) in [6.45, 7) is 1.43. The predicted octanol–water partition coefficient (Wildman–Crippen LogP) is 1.40. The molecule has 0 aliphatic heterocycles. The number of carboxylic acid groups (broad SMARTS) is 1. The summed E-state index contributed by atoms with van der Waals surface area (Å²) in [5, 5.41) is 17.3. The number of methoxy groups -OCH3 is 3. The van der Waals surface area contributed by atoms with E-state index in [0.29, 0.717) is 45.5 Å². The standard InChI is InChI=1S/C28H51N3O15/c1-38-12-15-41-19-44-26(35)29-10-6-4-8-22(25(33)34)18-24(32)23(31-28(37)46-21-43-17-14-40-3)9-5-7-11-30-27(36)45-20-42-16-13-39-2/h22-23H,4-21H2,1-3H3,(H,29,35)(H,30,36)(H,31,37)(H,33,34). The lowest BCUT2D eigenvalue weighted by Crippen LogP contribution is -2.42. The highest BCUT2D eigenvalue weighted by Crippen LogP contribution is 2.17. The summed E-state index contributed by atoms with van der Waals surface area (Å²) in [6, 6.07) is -1.03. The third-order valence-electron chi connectivity index (χ3n) is 6.03. The molecule has 0 fully saturated rings. The molecule has 0 aromatic carbocycles. The summed E-state index contributed by atoms with van der Waals surface area (Å²) in [4.78, 5) is 60.7. The van der Waals surface area contributed by atoms with Crippen molar-refractivity contribution in [3.63, 3.8) is 0 Å². The van der Waals surface area contributed by atoms with E-state index < -0.39 is 42.0 Å². The number of carboxylic acids is 1. The first-order chi connectivity index (χ1) is 22.2. The van der Waals surface area contributed by atoms with Gasteiger partial charge in [-0.1, -0.05) is 6.42 Å². The van der Waals surface area contributed by atoms with Gasteiger partial charge in [-0.2, -0.15) is 0 Å². The molecule has 0 aromatic heterocycles. The first kappa shape index (κ1) is 42.7. The summed E-state index contributed by atoms with van der Waals surface area (Å²) in [6.07, 6.45) is -0.537. The van der Waals surface area contributed by atoms with Gasteiger partial charge in [0.2, 0.25) is 0 Å². The van der Waals surface area contributed by atoms with Gasteiger partial charge in [-0.3, -0.25) is 9.59 Å². The molecule has 0 bridgehead atoms. The molecular formula is C28H51N3O15. The van der Waals surface area contributed by atoms with Crippen LogP contribution in [0.4, 0.5) is 14.4 Å². The van der Waals surface area contributed by atoms with Crippen LogP contribution in [0.15, 0.2) is 0 Å². The minimum Gasteiger partial charge on any atom is -0.481 e. The second-order valence-corrected chi connectivity index (χ2v) is 9.60.